The second-order valence-corrected chi connectivity index (χ2v) is 19.3. The number of nitrogens with zero attached hydrogens (tertiary/aromatic N) is 2. The first-order valence-electron chi connectivity index (χ1n) is 18.4. The van der Waals surface area contributed by atoms with Gasteiger partial charge < -0.3 is 9.13 Å². The Kier molecular flexibility index (Phi) is 10.4. The summed E-state index contributed by atoms with van der Waals surface area (Å²) >= 11 is 0. The predicted octanol–water partition coefficient (Wildman–Crippen LogP) is 9.93. The molecule has 0 aliphatic rings. The molecule has 0 saturated carbocycles. The van der Waals surface area contributed by atoms with Gasteiger partial charge in [0, 0.05) is 44.7 Å². The molecular formula is C48H34F4N2O2P2. The molecule has 0 aliphatic heterocycles. The first-order valence-corrected chi connectivity index (χ1v) is 21.8. The maximum absolute atomic E-state index is 17.9. The van der Waals surface area contributed by atoms with E-state index in [0.29, 0.717) is 0 Å². The Labute approximate surface area is 333 Å². The molecule has 58 heavy (non-hydrogen) atoms. The van der Waals surface area contributed by atoms with Gasteiger partial charge in [-0.25, -0.2) is 17.6 Å². The molecule has 0 aliphatic carbocycles. The minimum atomic E-state index is -4.29. The van der Waals surface area contributed by atoms with Crippen LogP contribution in [0, 0.1) is 37.1 Å². The van der Waals surface area contributed by atoms with E-state index in [9.17, 15) is 0 Å². The van der Waals surface area contributed by atoms with Crippen molar-refractivity contribution in [3.05, 3.63) is 205 Å². The maximum atomic E-state index is 17.9. The Morgan fingerprint density at radius 2 is 0.707 bits per heavy atom. The van der Waals surface area contributed by atoms with E-state index in [-0.39, 0.29) is 54.9 Å². The Morgan fingerprint density at radius 3 is 0.966 bits per heavy atom. The van der Waals surface area contributed by atoms with Gasteiger partial charge in [0.05, 0.1) is 22.0 Å². The number of hydrogen-bond donors (Lipinski definition) is 0. The monoisotopic (exact) mass is 808 g/mol. The summed E-state index contributed by atoms with van der Waals surface area (Å²) in [5, 5.41) is -0.708. The fraction of sp³-hybridized carbons (Fsp3) is 0.0417. The highest BCUT2D eigenvalue weighted by molar-refractivity contribution is 7.85. The van der Waals surface area contributed by atoms with Gasteiger partial charge >= 0.3 is 0 Å². The van der Waals surface area contributed by atoms with E-state index < -0.39 is 48.2 Å². The molecule has 286 valence electrons. The molecule has 2 aromatic heterocycles. The molecule has 0 atom stereocenters. The third-order valence-electron chi connectivity index (χ3n) is 10.1. The van der Waals surface area contributed by atoms with Crippen LogP contribution in [-0.2, 0) is 9.13 Å². The first-order chi connectivity index (χ1) is 28.0. The summed E-state index contributed by atoms with van der Waals surface area (Å²) < 4.78 is 101. The number of hydrogen-bond acceptors (Lipinski definition) is 4. The van der Waals surface area contributed by atoms with Gasteiger partial charge in [-0.3, -0.25) is 9.97 Å². The lowest BCUT2D eigenvalue weighted by Crippen LogP contribution is -2.31. The minimum absolute atomic E-state index is 0.000950. The molecule has 0 bridgehead atoms. The van der Waals surface area contributed by atoms with Crippen molar-refractivity contribution in [3.63, 3.8) is 0 Å². The molecule has 0 unspecified atom stereocenters. The second kappa shape index (κ2) is 15.6. The number of aryl methyl sites for hydroxylation is 2. The topological polar surface area (TPSA) is 59.9 Å². The number of pyridine rings is 2. The molecular weight excluding hydrogens is 774 g/mol. The molecule has 8 aromatic rings. The van der Waals surface area contributed by atoms with Crippen LogP contribution in [0.3, 0.4) is 0 Å². The van der Waals surface area contributed by atoms with E-state index in [1.165, 1.54) is 24.5 Å². The van der Waals surface area contributed by atoms with Crippen LogP contribution in [0.2, 0.25) is 0 Å². The van der Waals surface area contributed by atoms with E-state index in [1.54, 1.807) is 147 Å². The molecule has 0 N–H and O–H groups in total. The van der Waals surface area contributed by atoms with Crippen molar-refractivity contribution >= 4 is 46.1 Å². The van der Waals surface area contributed by atoms with Crippen LogP contribution in [0.1, 0.15) is 11.1 Å². The van der Waals surface area contributed by atoms with Crippen LogP contribution in [0.25, 0.3) is 33.6 Å². The summed E-state index contributed by atoms with van der Waals surface area (Å²) in [6, 6.07) is 40.6. The quantitative estimate of drug-likeness (QED) is 0.108. The van der Waals surface area contributed by atoms with Gasteiger partial charge in [0.1, 0.15) is 23.3 Å². The summed E-state index contributed by atoms with van der Waals surface area (Å²) in [4.78, 5) is 8.98. The molecule has 0 spiro atoms. The zero-order chi connectivity index (χ0) is 40.6. The lowest BCUT2D eigenvalue weighted by atomic mass is 9.91. The highest BCUT2D eigenvalue weighted by Gasteiger charge is 2.41. The van der Waals surface area contributed by atoms with Crippen LogP contribution < -0.4 is 31.8 Å². The first kappa shape index (κ1) is 38.7. The molecule has 0 fully saturated rings. The van der Waals surface area contributed by atoms with Crippen LogP contribution in [0.4, 0.5) is 17.6 Å². The average molecular weight is 809 g/mol. The molecule has 10 heteroatoms. The van der Waals surface area contributed by atoms with E-state index in [4.69, 9.17) is 0 Å². The Balaban J connectivity index is 1.51. The van der Waals surface area contributed by atoms with Crippen LogP contribution in [0.5, 0.6) is 0 Å². The highest BCUT2D eigenvalue weighted by Crippen LogP contribution is 2.50. The van der Waals surface area contributed by atoms with Crippen molar-refractivity contribution in [2.75, 3.05) is 0 Å². The largest absolute Gasteiger partial charge is 0.308 e. The SMILES string of the molecule is Cc1ccc(-c2c(-c3cc(F)c(P(=O)(c4ccccc4)c4ccccc4)c(F)c3-c3ccc(C)cn3)cc(F)c(P(=O)(c3ccccc3)c3ccccc3)c2F)nc1. The lowest BCUT2D eigenvalue weighted by molar-refractivity contribution is 0.575. The van der Waals surface area contributed by atoms with E-state index in [2.05, 4.69) is 9.97 Å². The van der Waals surface area contributed by atoms with Gasteiger partial charge in [0.15, 0.2) is 14.3 Å². The minimum Gasteiger partial charge on any atom is -0.308 e. The van der Waals surface area contributed by atoms with Crippen molar-refractivity contribution < 1.29 is 26.7 Å². The molecule has 0 saturated heterocycles. The highest BCUT2D eigenvalue weighted by atomic mass is 31.2. The summed E-state index contributed by atoms with van der Waals surface area (Å²) in [6.07, 6.45) is 2.97. The Bertz CT molecular complexity index is 2590. The van der Waals surface area contributed by atoms with Crippen molar-refractivity contribution in [2.45, 2.75) is 13.8 Å². The second-order valence-electron chi connectivity index (χ2n) is 13.9. The van der Waals surface area contributed by atoms with Crippen LogP contribution >= 0.6 is 14.3 Å². The molecule has 6 aromatic carbocycles. The third-order valence-corrected chi connectivity index (χ3v) is 16.3. The van der Waals surface area contributed by atoms with E-state index in [0.717, 1.165) is 23.3 Å². The summed E-state index contributed by atoms with van der Waals surface area (Å²) in [5.74, 6) is -4.83. The van der Waals surface area contributed by atoms with Gasteiger partial charge in [-0.2, -0.15) is 0 Å². The van der Waals surface area contributed by atoms with Crippen molar-refractivity contribution in [1.29, 1.82) is 0 Å². The molecule has 8 rings (SSSR count). The number of benzene rings is 6. The molecule has 2 heterocycles. The zero-order valence-corrected chi connectivity index (χ0v) is 33.1. The van der Waals surface area contributed by atoms with E-state index >= 15 is 26.7 Å². The number of halogens is 4. The Hall–Kier alpha value is -6.20. The van der Waals surface area contributed by atoms with Gasteiger partial charge in [-0.1, -0.05) is 133 Å². The third kappa shape index (κ3) is 6.62. The van der Waals surface area contributed by atoms with Crippen LogP contribution in [-0.4, -0.2) is 9.97 Å². The van der Waals surface area contributed by atoms with Gasteiger partial charge in [-0.05, 0) is 60.4 Å². The molecule has 0 amide bonds. The molecule has 0 radical (unpaired) electrons. The smallest absolute Gasteiger partial charge is 0.176 e. The summed E-state index contributed by atoms with van der Waals surface area (Å²) in [5.41, 5.74) is 0.234. The average Bonchev–Trinajstić information content (AvgIpc) is 3.25. The standard InChI is InChI=1S/C48H34F4N2O2P2/c1-31-23-25-41(53-29-31)43-37(27-39(49)47(45(43)51)57(55,33-15-7-3-8-16-33)34-17-9-4-10-18-34)38-28-40(50)48(46(52)44(38)42-26-24-32(2)30-54-42)58(56,35-19-11-5-12-20-35)36-21-13-6-14-22-36/h3-30H,1-2H3. The maximum Gasteiger partial charge on any atom is 0.176 e. The van der Waals surface area contributed by atoms with E-state index in [1.807, 2.05) is 0 Å². The normalized spacial score (nSPS) is 11.8. The lowest BCUT2D eigenvalue weighted by Gasteiger charge is -2.26. The molecule has 4 nitrogen and oxygen atoms in total. The van der Waals surface area contributed by atoms with Crippen molar-refractivity contribution in [2.24, 2.45) is 0 Å². The predicted molar refractivity (Wildman–Crippen MR) is 226 cm³/mol. The summed E-state index contributed by atoms with van der Waals surface area (Å²) in [7, 11) is -8.58. The fourth-order valence-corrected chi connectivity index (χ4v) is 12.8. The Morgan fingerprint density at radius 1 is 0.414 bits per heavy atom. The van der Waals surface area contributed by atoms with Gasteiger partial charge in [0.25, 0.3) is 0 Å². The van der Waals surface area contributed by atoms with Gasteiger partial charge in [0.2, 0.25) is 0 Å². The van der Waals surface area contributed by atoms with Crippen molar-refractivity contribution in [1.82, 2.24) is 9.97 Å². The zero-order valence-electron chi connectivity index (χ0n) is 31.3. The number of aromatic nitrogens is 2. The van der Waals surface area contributed by atoms with Crippen LogP contribution in [0.15, 0.2) is 170 Å². The van der Waals surface area contributed by atoms with Crippen molar-refractivity contribution in [3.8, 4) is 33.6 Å². The number of rotatable bonds is 9. The summed E-state index contributed by atoms with van der Waals surface area (Å²) in [6.45, 7) is 3.57. The fourth-order valence-electron chi connectivity index (χ4n) is 7.32. The van der Waals surface area contributed by atoms with Gasteiger partial charge in [-0.15, -0.1) is 0 Å².